The molecule has 1 fully saturated rings. The van der Waals surface area contributed by atoms with Crippen LogP contribution >= 0.6 is 0 Å². The number of carbonyl (C=O) groups excluding carboxylic acids is 1. The second-order valence-electron chi connectivity index (χ2n) is 9.65. The summed E-state index contributed by atoms with van der Waals surface area (Å²) in [7, 11) is -3.73. The zero-order chi connectivity index (χ0) is 24.1. The molecular weight excluding hydrogens is 438 g/mol. The number of nitrogens with one attached hydrogen (secondary N) is 1. The van der Waals surface area contributed by atoms with Crippen LogP contribution in [0.3, 0.4) is 0 Å². The van der Waals surface area contributed by atoms with Crippen LogP contribution in [0.5, 0.6) is 5.75 Å². The van der Waals surface area contributed by atoms with E-state index in [1.54, 1.807) is 12.1 Å². The van der Waals surface area contributed by atoms with Gasteiger partial charge in [0.2, 0.25) is 15.9 Å². The summed E-state index contributed by atoms with van der Waals surface area (Å²) in [5.74, 6) is 0.826. The van der Waals surface area contributed by atoms with Crippen LogP contribution in [-0.4, -0.2) is 45.5 Å². The van der Waals surface area contributed by atoms with Crippen LogP contribution in [0.1, 0.15) is 45.6 Å². The smallest absolute Gasteiger partial charge is 0.238 e. The molecule has 1 aliphatic rings. The standard InChI is InChI=1S/C25H35N3O4S/c1-25(2,3)20-5-9-22(10-6-20)32-18-4-15-28-16-13-19(14-17-28)24(29)27-21-7-11-23(12-8-21)33(26,30)31/h5-12,19H,4,13-18H2,1-3H3,(H,27,29)(H2,26,30,31). The van der Waals surface area contributed by atoms with E-state index >= 15 is 0 Å². The van der Waals surface area contributed by atoms with Gasteiger partial charge in [-0.25, -0.2) is 13.6 Å². The predicted octanol–water partition coefficient (Wildman–Crippen LogP) is 3.75. The molecule has 33 heavy (non-hydrogen) atoms. The van der Waals surface area contributed by atoms with Crippen molar-refractivity contribution in [1.29, 1.82) is 0 Å². The molecule has 1 aliphatic heterocycles. The Morgan fingerprint density at radius 3 is 2.21 bits per heavy atom. The number of hydrogen-bond acceptors (Lipinski definition) is 5. The van der Waals surface area contributed by atoms with Gasteiger partial charge in [0.25, 0.3) is 0 Å². The highest BCUT2D eigenvalue weighted by Crippen LogP contribution is 2.24. The minimum absolute atomic E-state index is 0.0275. The highest BCUT2D eigenvalue weighted by Gasteiger charge is 2.25. The molecule has 3 N–H and O–H groups in total. The molecule has 1 amide bonds. The lowest BCUT2D eigenvalue weighted by Crippen LogP contribution is -2.38. The van der Waals surface area contributed by atoms with Gasteiger partial charge >= 0.3 is 0 Å². The molecule has 1 heterocycles. The third-order valence-corrected chi connectivity index (χ3v) is 6.95. The average Bonchev–Trinajstić information content (AvgIpc) is 2.76. The van der Waals surface area contributed by atoms with E-state index in [2.05, 4.69) is 43.1 Å². The zero-order valence-electron chi connectivity index (χ0n) is 19.7. The van der Waals surface area contributed by atoms with Gasteiger partial charge in [-0.2, -0.15) is 0 Å². The van der Waals surface area contributed by atoms with Crippen LogP contribution in [0.25, 0.3) is 0 Å². The fourth-order valence-corrected chi connectivity index (χ4v) is 4.44. The Balaban J connectivity index is 1.35. The topological polar surface area (TPSA) is 102 Å². The van der Waals surface area contributed by atoms with Crippen molar-refractivity contribution in [3.8, 4) is 5.75 Å². The molecule has 0 radical (unpaired) electrons. The van der Waals surface area contributed by atoms with Crippen molar-refractivity contribution in [3.63, 3.8) is 0 Å². The van der Waals surface area contributed by atoms with Crippen LogP contribution in [-0.2, 0) is 20.2 Å². The number of ether oxygens (including phenoxy) is 1. The predicted molar refractivity (Wildman–Crippen MR) is 131 cm³/mol. The summed E-state index contributed by atoms with van der Waals surface area (Å²) in [6.07, 6.45) is 2.54. The molecule has 180 valence electrons. The van der Waals surface area contributed by atoms with E-state index in [4.69, 9.17) is 9.88 Å². The molecule has 7 nitrogen and oxygen atoms in total. The van der Waals surface area contributed by atoms with Crippen LogP contribution < -0.4 is 15.2 Å². The van der Waals surface area contributed by atoms with Crippen molar-refractivity contribution in [2.24, 2.45) is 11.1 Å². The first kappa shape index (κ1) is 25.2. The molecule has 2 aromatic carbocycles. The lowest BCUT2D eigenvalue weighted by molar-refractivity contribution is -0.121. The number of nitrogens with zero attached hydrogens (tertiary/aromatic N) is 1. The van der Waals surface area contributed by atoms with Gasteiger partial charge in [0.05, 0.1) is 11.5 Å². The number of primary sulfonamides is 1. The largest absolute Gasteiger partial charge is 0.494 e. The maximum absolute atomic E-state index is 12.6. The van der Waals surface area contributed by atoms with Crippen LogP contribution in [0, 0.1) is 5.92 Å². The van der Waals surface area contributed by atoms with Gasteiger partial charge in [-0.05, 0) is 79.7 Å². The van der Waals surface area contributed by atoms with Crippen molar-refractivity contribution < 1.29 is 17.9 Å². The summed E-state index contributed by atoms with van der Waals surface area (Å²) < 4.78 is 28.6. The van der Waals surface area contributed by atoms with Crippen molar-refractivity contribution in [2.75, 3.05) is 31.6 Å². The van der Waals surface area contributed by atoms with E-state index in [-0.39, 0.29) is 22.1 Å². The van der Waals surface area contributed by atoms with E-state index in [1.165, 1.54) is 17.7 Å². The highest BCUT2D eigenvalue weighted by atomic mass is 32.2. The first-order valence-electron chi connectivity index (χ1n) is 11.4. The fraction of sp³-hybridized carbons (Fsp3) is 0.480. The Labute approximate surface area is 197 Å². The van der Waals surface area contributed by atoms with Crippen molar-refractivity contribution >= 4 is 21.6 Å². The van der Waals surface area contributed by atoms with E-state index in [0.717, 1.165) is 44.6 Å². The number of carbonyl (C=O) groups is 1. The van der Waals surface area contributed by atoms with Gasteiger partial charge in [-0.3, -0.25) is 4.79 Å². The van der Waals surface area contributed by atoms with Gasteiger partial charge in [-0.1, -0.05) is 32.9 Å². The SMILES string of the molecule is CC(C)(C)c1ccc(OCCCN2CCC(C(=O)Nc3ccc(S(N)(=O)=O)cc3)CC2)cc1. The number of anilines is 1. The van der Waals surface area contributed by atoms with Crippen LogP contribution in [0.4, 0.5) is 5.69 Å². The van der Waals surface area contributed by atoms with Crippen molar-refractivity contribution in [2.45, 2.75) is 50.3 Å². The first-order chi connectivity index (χ1) is 15.5. The maximum atomic E-state index is 12.6. The molecule has 8 heteroatoms. The van der Waals surface area contributed by atoms with Crippen molar-refractivity contribution in [1.82, 2.24) is 4.90 Å². The number of likely N-dealkylation sites (tertiary alicyclic amines) is 1. The minimum Gasteiger partial charge on any atom is -0.494 e. The van der Waals surface area contributed by atoms with Crippen LogP contribution in [0.2, 0.25) is 0 Å². The summed E-state index contributed by atoms with van der Waals surface area (Å²) in [4.78, 5) is 15.0. The molecule has 1 saturated heterocycles. The molecule has 2 aromatic rings. The normalized spacial score (nSPS) is 15.9. The minimum atomic E-state index is -3.73. The molecule has 0 aromatic heterocycles. The molecule has 0 bridgehead atoms. The van der Waals surface area contributed by atoms with E-state index in [9.17, 15) is 13.2 Å². The molecule has 0 atom stereocenters. The lowest BCUT2D eigenvalue weighted by atomic mass is 9.87. The fourth-order valence-electron chi connectivity index (χ4n) is 3.92. The quantitative estimate of drug-likeness (QED) is 0.569. The summed E-state index contributed by atoms with van der Waals surface area (Å²) in [6, 6.07) is 14.2. The third kappa shape index (κ3) is 7.55. The van der Waals surface area contributed by atoms with E-state index in [1.807, 2.05) is 12.1 Å². The Morgan fingerprint density at radius 1 is 1.06 bits per heavy atom. The van der Waals surface area contributed by atoms with Crippen molar-refractivity contribution in [3.05, 3.63) is 54.1 Å². The number of sulfonamides is 1. The summed E-state index contributed by atoms with van der Waals surface area (Å²) in [5, 5.41) is 7.98. The Hall–Kier alpha value is -2.42. The first-order valence-corrected chi connectivity index (χ1v) is 13.0. The second kappa shape index (κ2) is 10.7. The van der Waals surface area contributed by atoms with Gasteiger partial charge in [0.1, 0.15) is 5.75 Å². The zero-order valence-corrected chi connectivity index (χ0v) is 20.5. The van der Waals surface area contributed by atoms with Gasteiger partial charge in [0, 0.05) is 18.2 Å². The number of hydrogen-bond donors (Lipinski definition) is 2. The lowest BCUT2D eigenvalue weighted by Gasteiger charge is -2.31. The van der Waals surface area contributed by atoms with E-state index in [0.29, 0.717) is 12.3 Å². The summed E-state index contributed by atoms with van der Waals surface area (Å²) >= 11 is 0. The molecule has 0 aliphatic carbocycles. The third-order valence-electron chi connectivity index (χ3n) is 6.02. The number of rotatable bonds is 8. The van der Waals surface area contributed by atoms with Gasteiger partial charge in [-0.15, -0.1) is 0 Å². The van der Waals surface area contributed by atoms with Gasteiger partial charge < -0.3 is 15.0 Å². The highest BCUT2D eigenvalue weighted by molar-refractivity contribution is 7.89. The molecule has 0 spiro atoms. The summed E-state index contributed by atoms with van der Waals surface area (Å²) in [5.41, 5.74) is 2.00. The maximum Gasteiger partial charge on any atom is 0.238 e. The molecule has 0 saturated carbocycles. The number of nitrogens with two attached hydrogens (primary N) is 1. The molecular formula is C25H35N3O4S. The Kier molecular flexibility index (Phi) is 8.15. The van der Waals surface area contributed by atoms with Crippen LogP contribution in [0.15, 0.2) is 53.4 Å². The second-order valence-corrected chi connectivity index (χ2v) is 11.2. The number of amides is 1. The average molecular weight is 474 g/mol. The summed E-state index contributed by atoms with van der Waals surface area (Å²) in [6.45, 7) is 9.97. The monoisotopic (exact) mass is 473 g/mol. The van der Waals surface area contributed by atoms with Gasteiger partial charge in [0.15, 0.2) is 0 Å². The number of piperidine rings is 1. The van der Waals surface area contributed by atoms with E-state index < -0.39 is 10.0 Å². The Morgan fingerprint density at radius 2 is 1.67 bits per heavy atom. The molecule has 0 unspecified atom stereocenters. The number of benzene rings is 2. The Bertz CT molecular complexity index is 1020. The molecule has 3 rings (SSSR count).